The molecule has 0 saturated carbocycles. The number of hydrogen-bond acceptors (Lipinski definition) is 5. The number of benzene rings is 1. The van der Waals surface area contributed by atoms with E-state index in [9.17, 15) is 21.6 Å². The van der Waals surface area contributed by atoms with Crippen LogP contribution in [0.5, 0.6) is 0 Å². The minimum Gasteiger partial charge on any atom is -0.355 e. The van der Waals surface area contributed by atoms with Gasteiger partial charge in [0.15, 0.2) is 5.76 Å². The Bertz CT molecular complexity index is 931. The van der Waals surface area contributed by atoms with Gasteiger partial charge in [0, 0.05) is 11.8 Å². The number of alkyl halides is 3. The van der Waals surface area contributed by atoms with Gasteiger partial charge in [0.05, 0.1) is 16.6 Å². The summed E-state index contributed by atoms with van der Waals surface area (Å²) >= 11 is 0.960. The van der Waals surface area contributed by atoms with E-state index in [1.165, 1.54) is 12.3 Å². The largest absolute Gasteiger partial charge is 0.416 e. The van der Waals surface area contributed by atoms with Crippen LogP contribution in [0.1, 0.15) is 5.56 Å². The third-order valence-electron chi connectivity index (χ3n) is 2.99. The molecule has 0 bridgehead atoms. The highest BCUT2D eigenvalue weighted by Gasteiger charge is 2.30. The quantitative estimate of drug-likeness (QED) is 0.742. The van der Waals surface area contributed by atoms with E-state index >= 15 is 0 Å². The summed E-state index contributed by atoms with van der Waals surface area (Å²) in [6, 6.07) is 8.28. The Balaban J connectivity index is 1.81. The molecule has 0 aliphatic heterocycles. The van der Waals surface area contributed by atoms with E-state index in [4.69, 9.17) is 4.52 Å². The molecule has 0 amide bonds. The highest BCUT2D eigenvalue weighted by molar-refractivity contribution is 7.94. The molecule has 0 spiro atoms. The van der Waals surface area contributed by atoms with Crippen molar-refractivity contribution >= 4 is 27.0 Å². The van der Waals surface area contributed by atoms with Gasteiger partial charge in [0.1, 0.15) is 4.21 Å². The maximum Gasteiger partial charge on any atom is 0.416 e. The van der Waals surface area contributed by atoms with Crippen molar-refractivity contribution in [1.82, 2.24) is 5.16 Å². The second-order valence-electron chi connectivity index (χ2n) is 4.68. The lowest BCUT2D eigenvalue weighted by molar-refractivity contribution is -0.137. The summed E-state index contributed by atoms with van der Waals surface area (Å²) in [5.74, 6) is 0.427. The van der Waals surface area contributed by atoms with Crippen molar-refractivity contribution in [1.29, 1.82) is 0 Å². The SMILES string of the molecule is O=S(=O)(Nc1ccc(C(F)(F)F)cc1)c1ccc(-c2ccno2)s1. The molecule has 0 saturated heterocycles. The maximum atomic E-state index is 12.5. The Hall–Kier alpha value is -2.33. The minimum atomic E-state index is -4.48. The molecule has 0 aliphatic carbocycles. The van der Waals surface area contributed by atoms with Crippen LogP contribution in [0, 0.1) is 0 Å². The summed E-state index contributed by atoms with van der Waals surface area (Å²) in [4.78, 5) is 0.570. The van der Waals surface area contributed by atoms with Gasteiger partial charge in [0.25, 0.3) is 10.0 Å². The van der Waals surface area contributed by atoms with Crippen molar-refractivity contribution in [2.45, 2.75) is 10.4 Å². The zero-order valence-corrected chi connectivity index (χ0v) is 13.4. The van der Waals surface area contributed by atoms with Crippen molar-refractivity contribution < 1.29 is 26.1 Å². The molecule has 5 nitrogen and oxygen atoms in total. The van der Waals surface area contributed by atoms with Crippen LogP contribution < -0.4 is 4.72 Å². The Morgan fingerprint density at radius 3 is 2.33 bits per heavy atom. The van der Waals surface area contributed by atoms with Gasteiger partial charge >= 0.3 is 6.18 Å². The number of anilines is 1. The monoisotopic (exact) mass is 374 g/mol. The predicted octanol–water partition coefficient (Wildman–Crippen LogP) is 4.22. The predicted molar refractivity (Wildman–Crippen MR) is 82.1 cm³/mol. The summed E-state index contributed by atoms with van der Waals surface area (Å²) in [6.07, 6.45) is -3.04. The van der Waals surface area contributed by atoms with Gasteiger partial charge in [-0.15, -0.1) is 11.3 Å². The van der Waals surface area contributed by atoms with Crippen LogP contribution in [0.25, 0.3) is 10.6 Å². The summed E-state index contributed by atoms with van der Waals surface area (Å²) in [5, 5.41) is 3.54. The van der Waals surface area contributed by atoms with Gasteiger partial charge in [-0.2, -0.15) is 13.2 Å². The fourth-order valence-corrected chi connectivity index (χ4v) is 4.19. The van der Waals surface area contributed by atoms with Crippen molar-refractivity contribution in [3.05, 3.63) is 54.2 Å². The van der Waals surface area contributed by atoms with Crippen LogP contribution in [0.2, 0.25) is 0 Å². The van der Waals surface area contributed by atoms with Crippen LogP contribution in [-0.4, -0.2) is 13.6 Å². The zero-order chi connectivity index (χ0) is 17.4. The minimum absolute atomic E-state index is 0.00815. The number of thiophene rings is 1. The standard InChI is InChI=1S/C14H9F3N2O3S2/c15-14(16,17)9-1-3-10(4-2-9)19-24(20,21)13-6-5-12(23-13)11-7-8-18-22-11/h1-8,19H. The third kappa shape index (κ3) is 3.44. The lowest BCUT2D eigenvalue weighted by Gasteiger charge is -2.09. The Morgan fingerprint density at radius 1 is 1.04 bits per heavy atom. The molecule has 2 heterocycles. The number of aromatic nitrogens is 1. The Kier molecular flexibility index (Phi) is 4.10. The molecule has 24 heavy (non-hydrogen) atoms. The van der Waals surface area contributed by atoms with Crippen LogP contribution in [-0.2, 0) is 16.2 Å². The number of halogens is 3. The zero-order valence-electron chi connectivity index (χ0n) is 11.7. The average Bonchev–Trinajstić information content (AvgIpc) is 3.18. The number of hydrogen-bond donors (Lipinski definition) is 1. The summed E-state index contributed by atoms with van der Waals surface area (Å²) in [7, 11) is -3.91. The molecular formula is C14H9F3N2O3S2. The molecule has 3 rings (SSSR count). The number of rotatable bonds is 4. The first-order valence-corrected chi connectivity index (χ1v) is 8.77. The topological polar surface area (TPSA) is 72.2 Å². The molecule has 0 unspecified atom stereocenters. The molecule has 0 aliphatic rings. The van der Waals surface area contributed by atoms with Gasteiger partial charge in [-0.25, -0.2) is 8.42 Å². The van der Waals surface area contributed by atoms with Crippen molar-refractivity contribution in [3.8, 4) is 10.6 Å². The van der Waals surface area contributed by atoms with Crippen LogP contribution in [0.3, 0.4) is 0 Å². The van der Waals surface area contributed by atoms with E-state index in [2.05, 4.69) is 9.88 Å². The van der Waals surface area contributed by atoms with Gasteiger partial charge in [-0.1, -0.05) is 5.16 Å². The lowest BCUT2D eigenvalue weighted by Crippen LogP contribution is -2.12. The maximum absolute atomic E-state index is 12.5. The fourth-order valence-electron chi connectivity index (χ4n) is 1.87. The van der Waals surface area contributed by atoms with Crippen LogP contribution in [0.4, 0.5) is 18.9 Å². The van der Waals surface area contributed by atoms with Crippen molar-refractivity contribution in [2.24, 2.45) is 0 Å². The second-order valence-corrected chi connectivity index (χ2v) is 7.67. The number of nitrogens with zero attached hydrogens (tertiary/aromatic N) is 1. The normalized spacial score (nSPS) is 12.3. The van der Waals surface area contributed by atoms with E-state index in [0.29, 0.717) is 10.6 Å². The van der Waals surface area contributed by atoms with E-state index in [1.54, 1.807) is 12.1 Å². The molecule has 1 aromatic carbocycles. The number of nitrogens with one attached hydrogen (secondary N) is 1. The smallest absolute Gasteiger partial charge is 0.355 e. The van der Waals surface area contributed by atoms with Crippen molar-refractivity contribution in [3.63, 3.8) is 0 Å². The summed E-state index contributed by atoms with van der Waals surface area (Å²) in [6.45, 7) is 0. The van der Waals surface area contributed by atoms with Crippen molar-refractivity contribution in [2.75, 3.05) is 4.72 Å². The second kappa shape index (κ2) is 5.95. The molecule has 0 fully saturated rings. The van der Waals surface area contributed by atoms with Gasteiger partial charge in [-0.3, -0.25) is 4.72 Å². The van der Waals surface area contributed by atoms with Gasteiger partial charge in [-0.05, 0) is 36.4 Å². The molecule has 0 atom stereocenters. The van der Waals surface area contributed by atoms with E-state index in [0.717, 1.165) is 35.6 Å². The molecule has 3 aromatic rings. The highest BCUT2D eigenvalue weighted by atomic mass is 32.2. The average molecular weight is 374 g/mol. The van der Waals surface area contributed by atoms with Crippen LogP contribution >= 0.6 is 11.3 Å². The first kappa shape index (κ1) is 16.5. The molecule has 1 N–H and O–H groups in total. The first-order chi connectivity index (χ1) is 11.3. The Labute approximate surface area is 138 Å². The van der Waals surface area contributed by atoms with Gasteiger partial charge in [0.2, 0.25) is 0 Å². The molecule has 126 valence electrons. The molecule has 10 heteroatoms. The van der Waals surface area contributed by atoms with E-state index in [1.807, 2.05) is 0 Å². The number of sulfonamides is 1. The Morgan fingerprint density at radius 2 is 1.75 bits per heavy atom. The summed E-state index contributed by atoms with van der Waals surface area (Å²) in [5.41, 5.74) is -0.813. The first-order valence-electron chi connectivity index (χ1n) is 6.47. The van der Waals surface area contributed by atoms with E-state index in [-0.39, 0.29) is 9.90 Å². The van der Waals surface area contributed by atoms with Gasteiger partial charge < -0.3 is 4.52 Å². The van der Waals surface area contributed by atoms with E-state index < -0.39 is 21.8 Å². The third-order valence-corrected chi connectivity index (χ3v) is 5.96. The summed E-state index contributed by atoms with van der Waals surface area (Å²) < 4.78 is 69.3. The molecular weight excluding hydrogens is 365 g/mol. The fraction of sp³-hybridized carbons (Fsp3) is 0.0714. The lowest BCUT2D eigenvalue weighted by atomic mass is 10.2. The highest BCUT2D eigenvalue weighted by Crippen LogP contribution is 2.32. The molecule has 0 radical (unpaired) electrons. The molecule has 2 aromatic heterocycles. The van der Waals surface area contributed by atoms with Crippen LogP contribution in [0.15, 0.2) is 57.4 Å².